The zero-order valence-electron chi connectivity index (χ0n) is 16.5. The van der Waals surface area contributed by atoms with E-state index < -0.39 is 0 Å². The van der Waals surface area contributed by atoms with Crippen LogP contribution in [-0.4, -0.2) is 42.8 Å². The first-order valence-electron chi connectivity index (χ1n) is 9.36. The lowest BCUT2D eigenvalue weighted by molar-refractivity contribution is -0.142. The summed E-state index contributed by atoms with van der Waals surface area (Å²) in [5.41, 5.74) is 2.02. The van der Waals surface area contributed by atoms with Gasteiger partial charge in [-0.15, -0.1) is 11.3 Å². The van der Waals surface area contributed by atoms with Crippen LogP contribution in [0.2, 0.25) is 0 Å². The number of ether oxygens (including phenoxy) is 3. The second kappa shape index (κ2) is 9.54. The highest BCUT2D eigenvalue weighted by Gasteiger charge is 2.29. The smallest absolute Gasteiger partial charge is 0.311 e. The van der Waals surface area contributed by atoms with Gasteiger partial charge in [0.2, 0.25) is 0 Å². The molecular weight excluding hydrogens is 396 g/mol. The van der Waals surface area contributed by atoms with Crippen LogP contribution in [0.4, 0.5) is 0 Å². The molecule has 1 aromatic heterocycles. The van der Waals surface area contributed by atoms with Gasteiger partial charge in [-0.1, -0.05) is 0 Å². The van der Waals surface area contributed by atoms with E-state index >= 15 is 0 Å². The number of carbonyl (C=O) groups is 1. The molecule has 28 heavy (non-hydrogen) atoms. The average molecular weight is 423 g/mol. The number of rotatable bonds is 8. The molecule has 0 aliphatic carbocycles. The van der Waals surface area contributed by atoms with E-state index in [1.807, 2.05) is 35.1 Å². The van der Waals surface area contributed by atoms with Gasteiger partial charge in [-0.2, -0.15) is 0 Å². The van der Waals surface area contributed by atoms with Gasteiger partial charge >= 0.3 is 5.97 Å². The Kier molecular flexibility index (Phi) is 7.09. The maximum absolute atomic E-state index is 11.9. The van der Waals surface area contributed by atoms with Gasteiger partial charge in [-0.05, 0) is 50.2 Å². The molecule has 0 amide bonds. The molecule has 0 spiro atoms. The minimum absolute atomic E-state index is 0.210. The van der Waals surface area contributed by atoms with Crippen molar-refractivity contribution in [2.45, 2.75) is 38.9 Å². The molecule has 6 nitrogen and oxygen atoms in total. The lowest BCUT2D eigenvalue weighted by atomic mass is 10.0. The van der Waals surface area contributed by atoms with E-state index in [0.29, 0.717) is 13.3 Å². The summed E-state index contributed by atoms with van der Waals surface area (Å²) >= 11 is 7.01. The predicted molar refractivity (Wildman–Crippen MR) is 112 cm³/mol. The summed E-state index contributed by atoms with van der Waals surface area (Å²) in [6.45, 7) is 3.80. The fourth-order valence-corrected chi connectivity index (χ4v) is 4.71. The Labute approximate surface area is 174 Å². The number of hydrogen-bond donors (Lipinski definition) is 0. The molecule has 3 rings (SSSR count). The number of esters is 1. The summed E-state index contributed by atoms with van der Waals surface area (Å²) in [4.78, 5) is 14.3. The van der Waals surface area contributed by atoms with Crippen molar-refractivity contribution in [1.82, 2.24) is 9.47 Å². The zero-order valence-corrected chi connectivity index (χ0v) is 18.1. The Morgan fingerprint density at radius 1 is 1.32 bits per heavy atom. The summed E-state index contributed by atoms with van der Waals surface area (Å²) in [5.74, 6) is 1.45. The second-order valence-corrected chi connectivity index (χ2v) is 8.13. The highest BCUT2D eigenvalue weighted by atomic mass is 32.1. The summed E-state index contributed by atoms with van der Waals surface area (Å²) < 4.78 is 18.9. The summed E-state index contributed by atoms with van der Waals surface area (Å²) in [5, 5.41) is 1.95. The zero-order chi connectivity index (χ0) is 20.1. The summed E-state index contributed by atoms with van der Waals surface area (Å²) in [7, 11) is 3.36. The maximum atomic E-state index is 11.9. The van der Waals surface area contributed by atoms with Crippen LogP contribution in [0.15, 0.2) is 23.6 Å². The fraction of sp³-hybridized carbons (Fsp3) is 0.500. The van der Waals surface area contributed by atoms with Crippen LogP contribution < -0.4 is 9.47 Å². The third kappa shape index (κ3) is 4.56. The number of benzene rings is 1. The first-order chi connectivity index (χ1) is 13.6. The Hall–Kier alpha value is -1.90. The number of likely N-dealkylation sites (tertiary alicyclic amines) is 1. The molecule has 1 aliphatic heterocycles. The highest BCUT2D eigenvalue weighted by Crippen LogP contribution is 2.39. The van der Waals surface area contributed by atoms with Crippen LogP contribution in [0.5, 0.6) is 11.5 Å². The maximum Gasteiger partial charge on any atom is 0.311 e. The van der Waals surface area contributed by atoms with Crippen LogP contribution in [0.25, 0.3) is 0 Å². The average Bonchev–Trinajstić information content (AvgIpc) is 3.29. The molecule has 0 N–H and O–H groups in total. The van der Waals surface area contributed by atoms with Gasteiger partial charge in [-0.25, -0.2) is 0 Å². The van der Waals surface area contributed by atoms with Gasteiger partial charge in [0, 0.05) is 29.2 Å². The highest BCUT2D eigenvalue weighted by molar-refractivity contribution is 7.73. The van der Waals surface area contributed by atoms with Gasteiger partial charge in [-0.3, -0.25) is 9.69 Å². The quantitative estimate of drug-likeness (QED) is 0.470. The lowest BCUT2D eigenvalue weighted by Crippen LogP contribution is -2.28. The Bertz CT molecular complexity index is 877. The second-order valence-electron chi connectivity index (χ2n) is 6.62. The van der Waals surface area contributed by atoms with Crippen molar-refractivity contribution in [3.05, 3.63) is 38.8 Å². The molecule has 1 saturated heterocycles. The Morgan fingerprint density at radius 3 is 2.86 bits per heavy atom. The molecule has 1 fully saturated rings. The minimum atomic E-state index is -0.225. The Balaban J connectivity index is 1.85. The monoisotopic (exact) mass is 422 g/mol. The van der Waals surface area contributed by atoms with Crippen LogP contribution in [0.1, 0.15) is 37.1 Å². The van der Waals surface area contributed by atoms with Crippen molar-refractivity contribution in [3.8, 4) is 11.5 Å². The van der Waals surface area contributed by atoms with Crippen LogP contribution >= 0.6 is 23.6 Å². The van der Waals surface area contributed by atoms with E-state index in [-0.39, 0.29) is 18.4 Å². The molecule has 8 heteroatoms. The third-order valence-electron chi connectivity index (χ3n) is 4.98. The van der Waals surface area contributed by atoms with Gasteiger partial charge in [0.15, 0.2) is 3.95 Å². The van der Waals surface area contributed by atoms with E-state index in [1.165, 1.54) is 11.3 Å². The minimum Gasteiger partial charge on any atom is -0.497 e. The van der Waals surface area contributed by atoms with Crippen molar-refractivity contribution in [2.75, 3.05) is 27.4 Å². The van der Waals surface area contributed by atoms with Crippen LogP contribution in [-0.2, 0) is 22.6 Å². The number of thiazole rings is 1. The van der Waals surface area contributed by atoms with E-state index in [0.717, 1.165) is 46.1 Å². The van der Waals surface area contributed by atoms with Crippen molar-refractivity contribution >= 4 is 29.5 Å². The fourth-order valence-electron chi connectivity index (χ4n) is 3.64. The number of carbonyl (C=O) groups excluding carboxylic acids is 1. The van der Waals surface area contributed by atoms with E-state index in [2.05, 4.69) is 4.90 Å². The largest absolute Gasteiger partial charge is 0.497 e. The summed E-state index contributed by atoms with van der Waals surface area (Å²) in [6, 6.07) is 6.12. The molecule has 0 saturated carbocycles. The lowest BCUT2D eigenvalue weighted by Gasteiger charge is -2.27. The normalized spacial score (nSPS) is 16.9. The molecule has 1 aromatic carbocycles. The van der Waals surface area contributed by atoms with Gasteiger partial charge in [0.25, 0.3) is 0 Å². The summed E-state index contributed by atoms with van der Waals surface area (Å²) in [6.07, 6.45) is 2.37. The standard InChI is InChI=1S/C20H26N2O4S2/c1-4-26-19(23)10-14-12-28-20(27)22(14)13-21-9-5-6-17(21)16-11-15(24-2)7-8-18(16)25-3/h7-8,11-12,17H,4-6,9-10,13H2,1-3H3/t17-/m0/s1. The topological polar surface area (TPSA) is 52.9 Å². The molecule has 1 atom stereocenters. The predicted octanol–water partition coefficient (Wildman–Crippen LogP) is 4.20. The number of hydrogen-bond acceptors (Lipinski definition) is 7. The van der Waals surface area contributed by atoms with Crippen LogP contribution in [0.3, 0.4) is 0 Å². The van der Waals surface area contributed by atoms with Gasteiger partial charge in [0.05, 0.1) is 33.9 Å². The van der Waals surface area contributed by atoms with Crippen LogP contribution in [0, 0.1) is 3.95 Å². The first kappa shape index (κ1) is 20.8. The molecular formula is C20H26N2O4S2. The van der Waals surface area contributed by atoms with E-state index in [9.17, 15) is 4.79 Å². The van der Waals surface area contributed by atoms with Gasteiger partial charge in [0.1, 0.15) is 11.5 Å². The van der Waals surface area contributed by atoms with E-state index in [4.69, 9.17) is 26.4 Å². The van der Waals surface area contributed by atoms with Crippen molar-refractivity contribution in [1.29, 1.82) is 0 Å². The molecule has 152 valence electrons. The number of methoxy groups -OCH3 is 2. The molecule has 0 radical (unpaired) electrons. The Morgan fingerprint density at radius 2 is 2.14 bits per heavy atom. The van der Waals surface area contributed by atoms with E-state index in [1.54, 1.807) is 14.2 Å². The van der Waals surface area contributed by atoms with Crippen molar-refractivity contribution < 1.29 is 19.0 Å². The van der Waals surface area contributed by atoms with Gasteiger partial charge < -0.3 is 18.8 Å². The SMILES string of the molecule is CCOC(=O)Cc1csc(=S)n1CN1CCC[C@H]1c1cc(OC)ccc1OC. The number of aromatic nitrogens is 1. The van der Waals surface area contributed by atoms with Crippen molar-refractivity contribution in [2.24, 2.45) is 0 Å². The molecule has 0 bridgehead atoms. The molecule has 2 aromatic rings. The molecule has 1 aliphatic rings. The van der Waals surface area contributed by atoms with Crippen molar-refractivity contribution in [3.63, 3.8) is 0 Å². The molecule has 0 unspecified atom stereocenters. The molecule has 2 heterocycles. The third-order valence-corrected chi connectivity index (χ3v) is 6.30. The number of nitrogens with zero attached hydrogens (tertiary/aromatic N) is 2. The first-order valence-corrected chi connectivity index (χ1v) is 10.6.